The summed E-state index contributed by atoms with van der Waals surface area (Å²) in [6, 6.07) is 6.19. The molecule has 25 heavy (non-hydrogen) atoms. The van der Waals surface area contributed by atoms with Crippen LogP contribution >= 0.6 is 23.8 Å². The zero-order valence-corrected chi connectivity index (χ0v) is 16.1. The van der Waals surface area contributed by atoms with Crippen molar-refractivity contribution in [2.24, 2.45) is 5.10 Å². The molecule has 0 radical (unpaired) electrons. The summed E-state index contributed by atoms with van der Waals surface area (Å²) in [5.74, 6) is 0.761. The van der Waals surface area contributed by atoms with Crippen LogP contribution in [-0.4, -0.2) is 30.9 Å². The second-order valence-electron chi connectivity index (χ2n) is 5.85. The molecule has 1 N–H and O–H groups in total. The van der Waals surface area contributed by atoms with Gasteiger partial charge in [0.05, 0.1) is 23.2 Å². The number of aryl methyl sites for hydroxylation is 4. The van der Waals surface area contributed by atoms with Crippen molar-refractivity contribution in [2.45, 2.75) is 34.1 Å². The molecule has 0 saturated carbocycles. The Morgan fingerprint density at radius 3 is 2.80 bits per heavy atom. The number of H-pyrrole nitrogens is 1. The highest BCUT2D eigenvalue weighted by Gasteiger charge is 2.15. The molecule has 8 heteroatoms. The first-order chi connectivity index (χ1) is 11.9. The lowest BCUT2D eigenvalue weighted by molar-refractivity contribution is 0.780. The summed E-state index contributed by atoms with van der Waals surface area (Å²) >= 11 is 11.8. The standard InChI is InChI=1S/C17H19ClN6S/c1-5-15-20-21-17(25)24(15)19-9-13-12(4)22-23(16(13)18)14-8-10(2)6-7-11(14)3/h6-9H,5H2,1-4H3,(H,21,25)/b19-9-. The van der Waals surface area contributed by atoms with Gasteiger partial charge >= 0.3 is 0 Å². The molecule has 0 bridgehead atoms. The van der Waals surface area contributed by atoms with E-state index in [9.17, 15) is 0 Å². The van der Waals surface area contributed by atoms with E-state index in [0.717, 1.165) is 40.3 Å². The van der Waals surface area contributed by atoms with Gasteiger partial charge in [-0.3, -0.25) is 5.10 Å². The first-order valence-corrected chi connectivity index (χ1v) is 8.74. The van der Waals surface area contributed by atoms with Crippen molar-refractivity contribution in [3.63, 3.8) is 0 Å². The molecule has 0 aliphatic rings. The molecule has 3 rings (SSSR count). The lowest BCUT2D eigenvalue weighted by Crippen LogP contribution is -2.00. The Morgan fingerprint density at radius 2 is 2.08 bits per heavy atom. The Morgan fingerprint density at radius 1 is 1.32 bits per heavy atom. The molecule has 0 atom stereocenters. The van der Waals surface area contributed by atoms with Crippen LogP contribution < -0.4 is 0 Å². The number of aromatic nitrogens is 5. The lowest BCUT2D eigenvalue weighted by atomic mass is 10.1. The van der Waals surface area contributed by atoms with Gasteiger partial charge in [0.2, 0.25) is 4.77 Å². The van der Waals surface area contributed by atoms with Crippen LogP contribution in [0.25, 0.3) is 5.69 Å². The van der Waals surface area contributed by atoms with Crippen molar-refractivity contribution in [1.82, 2.24) is 24.7 Å². The summed E-state index contributed by atoms with van der Waals surface area (Å²) in [6.07, 6.45) is 2.40. The fraction of sp³-hybridized carbons (Fsp3) is 0.294. The monoisotopic (exact) mass is 374 g/mol. The molecule has 0 amide bonds. The van der Waals surface area contributed by atoms with Crippen LogP contribution in [0.15, 0.2) is 23.3 Å². The van der Waals surface area contributed by atoms with Crippen LogP contribution in [0, 0.1) is 25.5 Å². The smallest absolute Gasteiger partial charge is 0.216 e. The SMILES string of the molecule is CCc1n[nH]c(=S)n1/N=C\c1c(C)nn(-c2cc(C)ccc2C)c1Cl. The number of hydrogen-bond acceptors (Lipinski definition) is 4. The number of hydrogen-bond donors (Lipinski definition) is 1. The third-order valence-corrected chi connectivity index (χ3v) is 4.60. The van der Waals surface area contributed by atoms with Crippen LogP contribution in [0.5, 0.6) is 0 Å². The van der Waals surface area contributed by atoms with E-state index in [1.807, 2.05) is 27.7 Å². The third kappa shape index (κ3) is 3.29. The summed E-state index contributed by atoms with van der Waals surface area (Å²) in [7, 11) is 0. The lowest BCUT2D eigenvalue weighted by Gasteiger charge is -2.08. The molecule has 1 aromatic carbocycles. The summed E-state index contributed by atoms with van der Waals surface area (Å²) in [6.45, 7) is 7.98. The molecule has 2 aromatic heterocycles. The van der Waals surface area contributed by atoms with Crippen molar-refractivity contribution >= 4 is 30.0 Å². The topological polar surface area (TPSA) is 63.8 Å². The Bertz CT molecular complexity index is 1010. The Hall–Kier alpha value is -2.25. The number of nitrogens with one attached hydrogen (secondary N) is 1. The highest BCUT2D eigenvalue weighted by atomic mass is 35.5. The maximum atomic E-state index is 6.59. The molecule has 2 heterocycles. The molecule has 0 aliphatic carbocycles. The van der Waals surface area contributed by atoms with Crippen molar-refractivity contribution < 1.29 is 0 Å². The van der Waals surface area contributed by atoms with Crippen molar-refractivity contribution in [3.05, 3.63) is 56.3 Å². The minimum Gasteiger partial charge on any atom is -0.250 e. The fourth-order valence-corrected chi connectivity index (χ4v) is 3.07. The van der Waals surface area contributed by atoms with Gasteiger partial charge in [-0.15, -0.1) is 0 Å². The first kappa shape index (κ1) is 17.6. The normalized spacial score (nSPS) is 11.6. The largest absolute Gasteiger partial charge is 0.250 e. The van der Waals surface area contributed by atoms with E-state index >= 15 is 0 Å². The van der Waals surface area contributed by atoms with E-state index in [1.165, 1.54) is 0 Å². The summed E-state index contributed by atoms with van der Waals surface area (Å²) in [4.78, 5) is 0. The summed E-state index contributed by atoms with van der Waals surface area (Å²) in [5.41, 5.74) is 4.76. The van der Waals surface area contributed by atoms with Crippen LogP contribution in [0.1, 0.15) is 35.1 Å². The van der Waals surface area contributed by atoms with Gasteiger partial charge in [0.1, 0.15) is 5.15 Å². The van der Waals surface area contributed by atoms with Crippen molar-refractivity contribution in [1.29, 1.82) is 0 Å². The molecule has 0 fully saturated rings. The zero-order chi connectivity index (χ0) is 18.1. The second-order valence-corrected chi connectivity index (χ2v) is 6.59. The van der Waals surface area contributed by atoms with Crippen LogP contribution in [-0.2, 0) is 6.42 Å². The molecular formula is C17H19ClN6S. The summed E-state index contributed by atoms with van der Waals surface area (Å²) in [5, 5.41) is 16.4. The molecule has 0 unspecified atom stereocenters. The number of halogens is 1. The van der Waals surface area contributed by atoms with Crippen LogP contribution in [0.3, 0.4) is 0 Å². The Kier molecular flexibility index (Phi) is 4.87. The predicted octanol–water partition coefficient (Wildman–Crippen LogP) is 4.15. The van der Waals surface area contributed by atoms with Gasteiger partial charge in [-0.1, -0.05) is 30.7 Å². The minimum absolute atomic E-state index is 0.448. The fourth-order valence-electron chi connectivity index (χ4n) is 2.55. The maximum absolute atomic E-state index is 6.59. The van der Waals surface area contributed by atoms with Crippen LogP contribution in [0.2, 0.25) is 5.15 Å². The summed E-state index contributed by atoms with van der Waals surface area (Å²) < 4.78 is 3.79. The van der Waals surface area contributed by atoms with Crippen molar-refractivity contribution in [2.75, 3.05) is 0 Å². The van der Waals surface area contributed by atoms with Gasteiger partial charge in [0.25, 0.3) is 0 Å². The van der Waals surface area contributed by atoms with Gasteiger partial charge in [-0.05, 0) is 50.2 Å². The van der Waals surface area contributed by atoms with Gasteiger partial charge < -0.3 is 0 Å². The molecule has 130 valence electrons. The minimum atomic E-state index is 0.448. The predicted molar refractivity (Wildman–Crippen MR) is 103 cm³/mol. The van der Waals surface area contributed by atoms with Crippen molar-refractivity contribution in [3.8, 4) is 5.69 Å². The average molecular weight is 375 g/mol. The molecule has 0 spiro atoms. The highest BCUT2D eigenvalue weighted by Crippen LogP contribution is 2.25. The molecule has 0 saturated heterocycles. The van der Waals surface area contributed by atoms with Gasteiger partial charge in [-0.25, -0.2) is 4.68 Å². The molecule has 6 nitrogen and oxygen atoms in total. The Labute approximate surface area is 156 Å². The van der Waals surface area contributed by atoms with E-state index in [1.54, 1.807) is 15.6 Å². The van der Waals surface area contributed by atoms with E-state index < -0.39 is 0 Å². The molecular weight excluding hydrogens is 356 g/mol. The molecule has 3 aromatic rings. The van der Waals surface area contributed by atoms with E-state index in [0.29, 0.717) is 9.92 Å². The van der Waals surface area contributed by atoms with Gasteiger partial charge in [-0.2, -0.15) is 20.0 Å². The Balaban J connectivity index is 2.06. The number of aromatic amines is 1. The zero-order valence-electron chi connectivity index (χ0n) is 14.5. The maximum Gasteiger partial charge on any atom is 0.216 e. The van der Waals surface area contributed by atoms with E-state index in [2.05, 4.69) is 38.6 Å². The highest BCUT2D eigenvalue weighted by molar-refractivity contribution is 7.71. The van der Waals surface area contributed by atoms with Gasteiger partial charge in [0.15, 0.2) is 5.82 Å². The number of rotatable bonds is 4. The first-order valence-electron chi connectivity index (χ1n) is 7.95. The number of benzene rings is 1. The van der Waals surface area contributed by atoms with Crippen LogP contribution in [0.4, 0.5) is 0 Å². The average Bonchev–Trinajstić information content (AvgIpc) is 3.08. The molecule has 0 aliphatic heterocycles. The number of nitrogens with zero attached hydrogens (tertiary/aromatic N) is 5. The van der Waals surface area contributed by atoms with Gasteiger partial charge in [0, 0.05) is 6.42 Å². The quantitative estimate of drug-likeness (QED) is 0.551. The van der Waals surface area contributed by atoms with E-state index in [-0.39, 0.29) is 0 Å². The van der Waals surface area contributed by atoms with E-state index in [4.69, 9.17) is 23.8 Å². The third-order valence-electron chi connectivity index (χ3n) is 3.98. The second kappa shape index (κ2) is 6.93.